The molecule has 2 N–H and O–H groups in total. The van der Waals surface area contributed by atoms with E-state index in [9.17, 15) is 9.59 Å². The zero-order valence-electron chi connectivity index (χ0n) is 10.3. The first-order chi connectivity index (χ1) is 9.65. The van der Waals surface area contributed by atoms with Crippen molar-refractivity contribution in [3.8, 4) is 11.4 Å². The molecule has 0 bridgehead atoms. The van der Waals surface area contributed by atoms with Crippen molar-refractivity contribution in [2.24, 2.45) is 0 Å². The highest BCUT2D eigenvalue weighted by atomic mass is 16.4. The normalized spacial score (nSPS) is 10.6. The van der Waals surface area contributed by atoms with Gasteiger partial charge in [-0.1, -0.05) is 30.3 Å². The van der Waals surface area contributed by atoms with Gasteiger partial charge in [-0.05, 0) is 18.2 Å². The third-order valence-corrected chi connectivity index (χ3v) is 3.00. The summed E-state index contributed by atoms with van der Waals surface area (Å²) < 4.78 is 0. The van der Waals surface area contributed by atoms with Gasteiger partial charge in [-0.2, -0.15) is 0 Å². The first kappa shape index (κ1) is 12.1. The second-order valence-corrected chi connectivity index (χ2v) is 4.32. The summed E-state index contributed by atoms with van der Waals surface area (Å²) in [5.41, 5.74) is 0.987. The molecule has 1 aromatic heterocycles. The van der Waals surface area contributed by atoms with Crippen LogP contribution in [0.3, 0.4) is 0 Å². The Morgan fingerprint density at radius 2 is 1.85 bits per heavy atom. The van der Waals surface area contributed by atoms with Crippen LogP contribution >= 0.6 is 0 Å². The van der Waals surface area contributed by atoms with E-state index in [-0.39, 0.29) is 16.5 Å². The van der Waals surface area contributed by atoms with Crippen molar-refractivity contribution in [3.63, 3.8) is 0 Å². The van der Waals surface area contributed by atoms with Gasteiger partial charge in [0.15, 0.2) is 0 Å². The molecule has 2 aromatic carbocycles. The van der Waals surface area contributed by atoms with Crippen LogP contribution in [0.5, 0.6) is 0 Å². The van der Waals surface area contributed by atoms with Crippen LogP contribution in [0, 0.1) is 0 Å². The third-order valence-electron chi connectivity index (χ3n) is 3.00. The van der Waals surface area contributed by atoms with Crippen LogP contribution in [-0.2, 0) is 0 Å². The summed E-state index contributed by atoms with van der Waals surface area (Å²) in [7, 11) is 0. The maximum Gasteiger partial charge on any atom is 0.335 e. The fraction of sp³-hybridized carbons (Fsp3) is 0. The molecule has 0 unspecified atom stereocenters. The number of carboxylic acid groups (broad SMARTS) is 1. The lowest BCUT2D eigenvalue weighted by Gasteiger charge is -2.03. The number of nitrogens with one attached hydrogen (secondary N) is 1. The largest absolute Gasteiger partial charge is 0.478 e. The van der Waals surface area contributed by atoms with Gasteiger partial charge in [-0.3, -0.25) is 4.79 Å². The lowest BCUT2D eigenvalue weighted by Crippen LogP contribution is -2.10. The Hall–Kier alpha value is -2.95. The van der Waals surface area contributed by atoms with E-state index < -0.39 is 5.97 Å². The van der Waals surface area contributed by atoms with E-state index in [1.165, 1.54) is 12.1 Å². The second-order valence-electron chi connectivity index (χ2n) is 4.32. The van der Waals surface area contributed by atoms with Crippen molar-refractivity contribution in [2.45, 2.75) is 0 Å². The summed E-state index contributed by atoms with van der Waals surface area (Å²) in [5.74, 6) is -0.607. The predicted molar refractivity (Wildman–Crippen MR) is 74.8 cm³/mol. The van der Waals surface area contributed by atoms with E-state index in [2.05, 4.69) is 9.97 Å². The first-order valence-electron chi connectivity index (χ1n) is 5.98. The molecule has 98 valence electrons. The van der Waals surface area contributed by atoms with Gasteiger partial charge in [-0.25, -0.2) is 9.78 Å². The number of aromatic nitrogens is 2. The van der Waals surface area contributed by atoms with Crippen LogP contribution in [0.25, 0.3) is 22.3 Å². The molecule has 0 aliphatic rings. The number of hydrogen-bond donors (Lipinski definition) is 2. The predicted octanol–water partition coefficient (Wildman–Crippen LogP) is 2.29. The quantitative estimate of drug-likeness (QED) is 0.745. The molecule has 0 spiro atoms. The van der Waals surface area contributed by atoms with Crippen molar-refractivity contribution in [1.29, 1.82) is 0 Å². The molecule has 5 heteroatoms. The van der Waals surface area contributed by atoms with E-state index in [1.807, 2.05) is 30.3 Å². The minimum Gasteiger partial charge on any atom is -0.478 e. The van der Waals surface area contributed by atoms with E-state index in [1.54, 1.807) is 6.07 Å². The standard InChI is InChI=1S/C15H10N2O3/c18-14-11-8-10(15(19)20)6-7-12(11)16-13(17-14)9-4-2-1-3-5-9/h1-8H,(H,19,20)(H,16,17,18). The molecule has 0 aliphatic heterocycles. The number of carboxylic acids is 1. The fourth-order valence-electron chi connectivity index (χ4n) is 2.00. The molecule has 3 rings (SSSR count). The van der Waals surface area contributed by atoms with Crippen LogP contribution in [0.15, 0.2) is 53.3 Å². The summed E-state index contributed by atoms with van der Waals surface area (Å²) in [6.07, 6.45) is 0. The van der Waals surface area contributed by atoms with Crippen molar-refractivity contribution < 1.29 is 9.90 Å². The number of carbonyl (C=O) groups is 1. The van der Waals surface area contributed by atoms with Crippen LogP contribution in [0.1, 0.15) is 10.4 Å². The summed E-state index contributed by atoms with van der Waals surface area (Å²) in [5, 5.41) is 9.20. The van der Waals surface area contributed by atoms with E-state index in [0.717, 1.165) is 5.56 Å². The Labute approximate surface area is 113 Å². The SMILES string of the molecule is O=C(O)c1ccc2nc(-c3ccccc3)[nH]c(=O)c2c1. The van der Waals surface area contributed by atoms with Gasteiger partial charge in [0.25, 0.3) is 5.56 Å². The number of hydrogen-bond acceptors (Lipinski definition) is 3. The fourth-order valence-corrected chi connectivity index (χ4v) is 2.00. The lowest BCUT2D eigenvalue weighted by atomic mass is 10.1. The Kier molecular flexibility index (Phi) is 2.80. The topological polar surface area (TPSA) is 83.0 Å². The molecule has 5 nitrogen and oxygen atoms in total. The minimum atomic E-state index is -1.07. The van der Waals surface area contributed by atoms with Crippen molar-refractivity contribution in [3.05, 3.63) is 64.4 Å². The molecule has 3 aromatic rings. The number of benzene rings is 2. The van der Waals surface area contributed by atoms with Gasteiger partial charge < -0.3 is 10.1 Å². The molecular weight excluding hydrogens is 256 g/mol. The molecule has 0 fully saturated rings. The number of H-pyrrole nitrogens is 1. The van der Waals surface area contributed by atoms with Crippen molar-refractivity contribution in [2.75, 3.05) is 0 Å². The van der Waals surface area contributed by atoms with Gasteiger partial charge in [0, 0.05) is 5.56 Å². The van der Waals surface area contributed by atoms with Crippen LogP contribution in [-0.4, -0.2) is 21.0 Å². The monoisotopic (exact) mass is 266 g/mol. The van der Waals surface area contributed by atoms with Gasteiger partial charge in [0.05, 0.1) is 16.5 Å². The summed E-state index contributed by atoms with van der Waals surface area (Å²) in [6, 6.07) is 13.6. The number of aromatic amines is 1. The van der Waals surface area contributed by atoms with Gasteiger partial charge in [0.2, 0.25) is 0 Å². The Morgan fingerprint density at radius 1 is 1.10 bits per heavy atom. The smallest absolute Gasteiger partial charge is 0.335 e. The number of fused-ring (bicyclic) bond motifs is 1. The molecular formula is C15H10N2O3. The number of nitrogens with zero attached hydrogens (tertiary/aromatic N) is 1. The molecule has 0 radical (unpaired) electrons. The molecule has 1 heterocycles. The summed E-state index contributed by atoms with van der Waals surface area (Å²) >= 11 is 0. The maximum atomic E-state index is 12.1. The van der Waals surface area contributed by atoms with Crippen LogP contribution in [0.4, 0.5) is 0 Å². The average Bonchev–Trinajstić information content (AvgIpc) is 2.47. The number of rotatable bonds is 2. The van der Waals surface area contributed by atoms with Crippen LogP contribution in [0.2, 0.25) is 0 Å². The first-order valence-corrected chi connectivity index (χ1v) is 5.98. The molecule has 0 aliphatic carbocycles. The molecule has 0 amide bonds. The zero-order valence-corrected chi connectivity index (χ0v) is 10.3. The van der Waals surface area contributed by atoms with E-state index in [0.29, 0.717) is 11.3 Å². The van der Waals surface area contributed by atoms with Gasteiger partial charge in [0.1, 0.15) is 5.82 Å². The highest BCUT2D eigenvalue weighted by Gasteiger charge is 2.09. The van der Waals surface area contributed by atoms with Crippen molar-refractivity contribution >= 4 is 16.9 Å². The molecule has 20 heavy (non-hydrogen) atoms. The van der Waals surface area contributed by atoms with Gasteiger partial charge >= 0.3 is 5.97 Å². The second kappa shape index (κ2) is 4.62. The number of aromatic carboxylic acids is 1. The average molecular weight is 266 g/mol. The summed E-state index contributed by atoms with van der Waals surface area (Å²) in [6.45, 7) is 0. The molecule has 0 atom stereocenters. The molecule has 0 saturated carbocycles. The molecule has 0 saturated heterocycles. The Balaban J connectivity index is 2.24. The Morgan fingerprint density at radius 3 is 2.55 bits per heavy atom. The maximum absolute atomic E-state index is 12.1. The van der Waals surface area contributed by atoms with E-state index in [4.69, 9.17) is 5.11 Å². The van der Waals surface area contributed by atoms with Crippen molar-refractivity contribution in [1.82, 2.24) is 9.97 Å². The van der Waals surface area contributed by atoms with E-state index >= 15 is 0 Å². The zero-order chi connectivity index (χ0) is 14.1. The van der Waals surface area contributed by atoms with Gasteiger partial charge in [-0.15, -0.1) is 0 Å². The highest BCUT2D eigenvalue weighted by Crippen LogP contribution is 2.16. The lowest BCUT2D eigenvalue weighted by molar-refractivity contribution is 0.0697. The third kappa shape index (κ3) is 2.05. The highest BCUT2D eigenvalue weighted by molar-refractivity contribution is 5.93. The van der Waals surface area contributed by atoms with Crippen LogP contribution < -0.4 is 5.56 Å². The summed E-state index contributed by atoms with van der Waals surface area (Å²) in [4.78, 5) is 30.0. The minimum absolute atomic E-state index is 0.0669. The Bertz CT molecular complexity index is 854.